The van der Waals surface area contributed by atoms with Crippen molar-refractivity contribution >= 4 is 27.6 Å². The van der Waals surface area contributed by atoms with Crippen LogP contribution in [0.5, 0.6) is 5.75 Å². The Balaban J connectivity index is 1.49. The van der Waals surface area contributed by atoms with Gasteiger partial charge in [-0.25, -0.2) is 4.98 Å². The lowest BCUT2D eigenvalue weighted by atomic mass is 10.2. The zero-order valence-electron chi connectivity index (χ0n) is 15.0. The first kappa shape index (κ1) is 16.5. The number of fused-ring (bicyclic) bond motifs is 3. The van der Waals surface area contributed by atoms with E-state index >= 15 is 0 Å². The van der Waals surface area contributed by atoms with Gasteiger partial charge in [-0.2, -0.15) is 0 Å². The van der Waals surface area contributed by atoms with Gasteiger partial charge in [-0.3, -0.25) is 0 Å². The van der Waals surface area contributed by atoms with Crippen LogP contribution in [0.4, 0.5) is 5.82 Å². The molecule has 0 fully saturated rings. The van der Waals surface area contributed by atoms with Crippen LogP contribution in [0.1, 0.15) is 25.3 Å². The van der Waals surface area contributed by atoms with Crippen LogP contribution in [0, 0.1) is 0 Å². The molecule has 0 aliphatic carbocycles. The van der Waals surface area contributed by atoms with E-state index in [1.54, 1.807) is 0 Å². The van der Waals surface area contributed by atoms with Crippen LogP contribution in [0.15, 0.2) is 60.8 Å². The number of hydrogen-bond acceptors (Lipinski definition) is 3. The van der Waals surface area contributed by atoms with Crippen molar-refractivity contribution in [1.82, 2.24) is 9.97 Å². The Morgan fingerprint density at radius 2 is 1.92 bits per heavy atom. The van der Waals surface area contributed by atoms with Gasteiger partial charge < -0.3 is 15.0 Å². The number of nitrogens with one attached hydrogen (secondary N) is 2. The zero-order valence-corrected chi connectivity index (χ0v) is 15.0. The number of aromatic amines is 1. The molecule has 0 saturated carbocycles. The number of hydrogen-bond donors (Lipinski definition) is 2. The monoisotopic (exact) mass is 345 g/mol. The molecule has 4 heteroatoms. The van der Waals surface area contributed by atoms with E-state index in [9.17, 15) is 0 Å². The molecule has 0 atom stereocenters. The summed E-state index contributed by atoms with van der Waals surface area (Å²) in [6, 6.07) is 18.7. The minimum Gasteiger partial charge on any atom is -0.494 e. The van der Waals surface area contributed by atoms with Gasteiger partial charge in [0.2, 0.25) is 0 Å². The fraction of sp³-hybridized carbons (Fsp3) is 0.227. The number of aromatic nitrogens is 2. The van der Waals surface area contributed by atoms with Crippen molar-refractivity contribution in [3.8, 4) is 5.75 Å². The third-order valence-corrected chi connectivity index (χ3v) is 4.53. The molecule has 2 aromatic carbocycles. The lowest BCUT2D eigenvalue weighted by Crippen LogP contribution is -2.02. The van der Waals surface area contributed by atoms with E-state index in [0.717, 1.165) is 42.0 Å². The molecule has 0 aliphatic heterocycles. The van der Waals surface area contributed by atoms with Crippen LogP contribution in [-0.2, 0) is 6.54 Å². The molecule has 4 nitrogen and oxygen atoms in total. The van der Waals surface area contributed by atoms with Crippen LogP contribution in [-0.4, -0.2) is 16.6 Å². The second-order valence-electron chi connectivity index (χ2n) is 6.49. The van der Waals surface area contributed by atoms with Crippen LogP contribution in [0.3, 0.4) is 0 Å². The van der Waals surface area contributed by atoms with Crippen LogP contribution < -0.4 is 10.1 Å². The highest BCUT2D eigenvalue weighted by Gasteiger charge is 2.05. The molecule has 4 rings (SSSR count). The summed E-state index contributed by atoms with van der Waals surface area (Å²) in [5, 5.41) is 5.83. The van der Waals surface area contributed by atoms with E-state index in [-0.39, 0.29) is 0 Å². The first-order valence-electron chi connectivity index (χ1n) is 9.15. The number of para-hydroxylation sites is 1. The van der Waals surface area contributed by atoms with Gasteiger partial charge >= 0.3 is 0 Å². The molecule has 132 valence electrons. The number of benzene rings is 2. The number of ether oxygens (including phenoxy) is 1. The van der Waals surface area contributed by atoms with Gasteiger partial charge in [-0.1, -0.05) is 43.7 Å². The lowest BCUT2D eigenvalue weighted by molar-refractivity contribution is 0.309. The topological polar surface area (TPSA) is 49.9 Å². The van der Waals surface area contributed by atoms with Gasteiger partial charge in [-0.05, 0) is 36.2 Å². The number of nitrogens with zero attached hydrogens (tertiary/aromatic N) is 1. The Morgan fingerprint density at radius 1 is 1.00 bits per heavy atom. The number of anilines is 1. The second kappa shape index (κ2) is 7.48. The summed E-state index contributed by atoms with van der Waals surface area (Å²) < 4.78 is 5.79. The summed E-state index contributed by atoms with van der Waals surface area (Å²) in [5.74, 6) is 1.80. The lowest BCUT2D eigenvalue weighted by Gasteiger charge is -2.09. The molecule has 4 aromatic rings. The second-order valence-corrected chi connectivity index (χ2v) is 6.49. The quantitative estimate of drug-likeness (QED) is 0.434. The maximum atomic E-state index is 5.79. The molecule has 2 aromatic heterocycles. The fourth-order valence-electron chi connectivity index (χ4n) is 3.12. The predicted octanol–water partition coefficient (Wildman–Crippen LogP) is 5.51. The number of rotatable bonds is 7. The molecule has 0 spiro atoms. The maximum absolute atomic E-state index is 5.79. The molecule has 2 N–H and O–H groups in total. The molecular formula is C22H23N3O. The molecule has 0 amide bonds. The summed E-state index contributed by atoms with van der Waals surface area (Å²) >= 11 is 0. The van der Waals surface area contributed by atoms with E-state index in [4.69, 9.17) is 4.74 Å². The highest BCUT2D eigenvalue weighted by molar-refractivity contribution is 6.07. The van der Waals surface area contributed by atoms with Gasteiger partial charge in [0.25, 0.3) is 0 Å². The Bertz CT molecular complexity index is 1020. The predicted molar refractivity (Wildman–Crippen MR) is 108 cm³/mol. The van der Waals surface area contributed by atoms with Crippen molar-refractivity contribution in [2.24, 2.45) is 0 Å². The molecule has 0 unspecified atom stereocenters. The van der Waals surface area contributed by atoms with E-state index in [1.807, 2.05) is 24.4 Å². The third-order valence-electron chi connectivity index (χ3n) is 4.53. The summed E-state index contributed by atoms with van der Waals surface area (Å²) in [5.41, 5.74) is 3.38. The molecular weight excluding hydrogens is 322 g/mol. The Kier molecular flexibility index (Phi) is 4.73. The summed E-state index contributed by atoms with van der Waals surface area (Å²) in [7, 11) is 0. The van der Waals surface area contributed by atoms with E-state index in [2.05, 4.69) is 58.6 Å². The minimum atomic E-state index is 0.714. The molecule has 0 bridgehead atoms. The molecule has 0 saturated heterocycles. The summed E-state index contributed by atoms with van der Waals surface area (Å²) in [6.45, 7) is 3.65. The minimum absolute atomic E-state index is 0.714. The Hall–Kier alpha value is -3.01. The smallest absolute Gasteiger partial charge is 0.126 e. The first-order chi connectivity index (χ1) is 12.8. The molecule has 2 heterocycles. The summed E-state index contributed by atoms with van der Waals surface area (Å²) in [6.07, 6.45) is 4.11. The van der Waals surface area contributed by atoms with Crippen molar-refractivity contribution in [1.29, 1.82) is 0 Å². The third kappa shape index (κ3) is 3.49. The highest BCUT2D eigenvalue weighted by atomic mass is 16.5. The number of H-pyrrole nitrogens is 1. The highest BCUT2D eigenvalue weighted by Crippen LogP contribution is 2.26. The number of pyridine rings is 1. The molecule has 26 heavy (non-hydrogen) atoms. The van der Waals surface area contributed by atoms with Crippen molar-refractivity contribution in [2.45, 2.75) is 26.3 Å². The van der Waals surface area contributed by atoms with Gasteiger partial charge in [0.05, 0.1) is 18.3 Å². The zero-order chi connectivity index (χ0) is 17.8. The average Bonchev–Trinajstić information content (AvgIpc) is 3.05. The number of unbranched alkanes of at least 4 members (excludes halogenated alkanes) is 1. The molecule has 0 aliphatic rings. The SMILES string of the molecule is CCCCOc1cccc(CNc2cc3c(cn2)[nH]c2ccccc23)c1. The largest absolute Gasteiger partial charge is 0.494 e. The van der Waals surface area contributed by atoms with Gasteiger partial charge in [-0.15, -0.1) is 0 Å². The Labute approximate surface area is 153 Å². The standard InChI is InChI=1S/C22H23N3O/c1-2-3-11-26-17-8-6-7-16(12-17)14-23-22-13-19-18-9-4-5-10-20(18)25-21(19)15-24-22/h4-10,12-13,15,25H,2-3,11,14H2,1H3,(H,23,24). The van der Waals surface area contributed by atoms with Crippen molar-refractivity contribution in [3.63, 3.8) is 0 Å². The maximum Gasteiger partial charge on any atom is 0.126 e. The van der Waals surface area contributed by atoms with Crippen LogP contribution >= 0.6 is 0 Å². The van der Waals surface area contributed by atoms with Crippen LogP contribution in [0.2, 0.25) is 0 Å². The van der Waals surface area contributed by atoms with Crippen molar-refractivity contribution in [2.75, 3.05) is 11.9 Å². The average molecular weight is 345 g/mol. The van der Waals surface area contributed by atoms with E-state index in [1.165, 1.54) is 16.3 Å². The van der Waals surface area contributed by atoms with Crippen molar-refractivity contribution in [3.05, 3.63) is 66.4 Å². The van der Waals surface area contributed by atoms with Crippen LogP contribution in [0.25, 0.3) is 21.8 Å². The molecule has 0 radical (unpaired) electrons. The first-order valence-corrected chi connectivity index (χ1v) is 9.15. The normalized spacial score (nSPS) is 11.1. The van der Waals surface area contributed by atoms with E-state index in [0.29, 0.717) is 6.54 Å². The van der Waals surface area contributed by atoms with Crippen molar-refractivity contribution < 1.29 is 4.74 Å². The van der Waals surface area contributed by atoms with E-state index < -0.39 is 0 Å². The van der Waals surface area contributed by atoms with Gasteiger partial charge in [0.1, 0.15) is 11.6 Å². The summed E-state index contributed by atoms with van der Waals surface area (Å²) in [4.78, 5) is 7.93. The Morgan fingerprint density at radius 3 is 2.85 bits per heavy atom. The van der Waals surface area contributed by atoms with Gasteiger partial charge in [0, 0.05) is 22.8 Å². The van der Waals surface area contributed by atoms with Gasteiger partial charge in [0.15, 0.2) is 0 Å². The fourth-order valence-corrected chi connectivity index (χ4v) is 3.12.